The summed E-state index contributed by atoms with van der Waals surface area (Å²) < 4.78 is 7.24. The second-order valence-electron chi connectivity index (χ2n) is 8.09. The van der Waals surface area contributed by atoms with E-state index >= 15 is 0 Å². The first-order valence-electron chi connectivity index (χ1n) is 10.3. The van der Waals surface area contributed by atoms with E-state index in [2.05, 4.69) is 37.7 Å². The number of anilines is 1. The minimum absolute atomic E-state index is 0.131. The Balaban J connectivity index is 1.33. The molecule has 9 heteroatoms. The molecule has 8 nitrogen and oxygen atoms in total. The molecule has 2 aromatic heterocycles. The van der Waals surface area contributed by atoms with Crippen molar-refractivity contribution in [2.24, 2.45) is 7.05 Å². The molecule has 2 N–H and O–H groups in total. The van der Waals surface area contributed by atoms with Gasteiger partial charge in [-0.25, -0.2) is 4.68 Å². The number of hydrogen-bond donors (Lipinski definition) is 2. The molecule has 0 amide bonds. The fourth-order valence-corrected chi connectivity index (χ4v) is 4.53. The Bertz CT molecular complexity index is 1030. The van der Waals surface area contributed by atoms with Gasteiger partial charge in [0.25, 0.3) is 0 Å². The monoisotopic (exact) mass is 427 g/mol. The quantitative estimate of drug-likeness (QED) is 0.730. The number of hydrogen-bond acceptors (Lipinski definition) is 6. The first-order chi connectivity index (χ1) is 14.5. The minimum atomic E-state index is -0.636. The molecule has 5 rings (SSSR count). The molecule has 1 fully saturated rings. The van der Waals surface area contributed by atoms with Crippen molar-refractivity contribution in [3.8, 4) is 0 Å². The molecular weight excluding hydrogens is 402 g/mol. The molecule has 0 radical (unpaired) electrons. The lowest BCUT2D eigenvalue weighted by Crippen LogP contribution is -2.39. The summed E-state index contributed by atoms with van der Waals surface area (Å²) in [6.45, 7) is 5.54. The molecule has 2 unspecified atom stereocenters. The number of morpholine rings is 1. The van der Waals surface area contributed by atoms with Gasteiger partial charge in [-0.05, 0) is 37.5 Å². The van der Waals surface area contributed by atoms with Gasteiger partial charge in [-0.2, -0.15) is 10.1 Å². The van der Waals surface area contributed by atoms with Crippen LogP contribution in [-0.4, -0.2) is 62.2 Å². The molecule has 0 spiro atoms. The Morgan fingerprint density at radius 2 is 2.10 bits per heavy atom. The van der Waals surface area contributed by atoms with Gasteiger partial charge >= 0.3 is 0 Å². The molecule has 2 atom stereocenters. The molecule has 1 saturated heterocycles. The number of aryl methyl sites for hydroxylation is 1. The smallest absolute Gasteiger partial charge is 0.221 e. The normalized spacial score (nSPS) is 26.2. The molecule has 0 bridgehead atoms. The third-order valence-electron chi connectivity index (χ3n) is 6.11. The van der Waals surface area contributed by atoms with E-state index in [-0.39, 0.29) is 6.04 Å². The molecule has 158 valence electrons. The average Bonchev–Trinajstić information content (AvgIpc) is 3.39. The van der Waals surface area contributed by atoms with Crippen LogP contribution in [0.25, 0.3) is 11.6 Å². The minimum Gasteiger partial charge on any atom is -0.378 e. The van der Waals surface area contributed by atoms with Crippen LogP contribution >= 0.6 is 11.6 Å². The van der Waals surface area contributed by atoms with E-state index in [0.717, 1.165) is 61.8 Å². The van der Waals surface area contributed by atoms with Gasteiger partial charge in [0, 0.05) is 31.4 Å². The van der Waals surface area contributed by atoms with Gasteiger partial charge < -0.3 is 15.0 Å². The number of ether oxygens (including phenoxy) is 1. The predicted octanol–water partition coefficient (Wildman–Crippen LogP) is 2.89. The van der Waals surface area contributed by atoms with E-state index in [1.54, 1.807) is 10.9 Å². The summed E-state index contributed by atoms with van der Waals surface area (Å²) in [5.41, 5.74) is 4.44. The van der Waals surface area contributed by atoms with Gasteiger partial charge in [-0.3, -0.25) is 5.10 Å². The van der Waals surface area contributed by atoms with Crippen molar-refractivity contribution in [3.05, 3.63) is 47.2 Å². The Morgan fingerprint density at radius 3 is 2.87 bits per heavy atom. The van der Waals surface area contributed by atoms with Crippen molar-refractivity contribution in [1.82, 2.24) is 29.9 Å². The average molecular weight is 428 g/mol. The number of allylic oxidation sites excluding steroid dienone is 4. The highest BCUT2D eigenvalue weighted by Gasteiger charge is 2.38. The van der Waals surface area contributed by atoms with E-state index in [1.165, 1.54) is 5.70 Å². The number of aromatic amines is 1. The summed E-state index contributed by atoms with van der Waals surface area (Å²) in [5.74, 6) is 1.46. The number of halogens is 1. The summed E-state index contributed by atoms with van der Waals surface area (Å²) in [6, 6.07) is -0.131. The van der Waals surface area contributed by atoms with Crippen LogP contribution in [0.2, 0.25) is 0 Å². The molecule has 30 heavy (non-hydrogen) atoms. The van der Waals surface area contributed by atoms with Crippen molar-refractivity contribution in [3.63, 3.8) is 0 Å². The second-order valence-corrected chi connectivity index (χ2v) is 8.87. The Labute approximate surface area is 180 Å². The Hall–Kier alpha value is -2.58. The fourth-order valence-electron chi connectivity index (χ4n) is 4.25. The van der Waals surface area contributed by atoms with E-state index in [4.69, 9.17) is 21.3 Å². The van der Waals surface area contributed by atoms with Crippen LogP contribution in [0.5, 0.6) is 0 Å². The van der Waals surface area contributed by atoms with E-state index in [1.807, 2.05) is 26.1 Å². The zero-order valence-corrected chi connectivity index (χ0v) is 18.0. The molecule has 3 aliphatic rings. The molecule has 1 aliphatic heterocycles. The van der Waals surface area contributed by atoms with Crippen LogP contribution in [0.4, 0.5) is 5.95 Å². The Morgan fingerprint density at radius 1 is 1.27 bits per heavy atom. The summed E-state index contributed by atoms with van der Waals surface area (Å²) in [4.78, 5) is 6.55. The predicted molar refractivity (Wildman–Crippen MR) is 117 cm³/mol. The third kappa shape index (κ3) is 3.44. The first kappa shape index (κ1) is 19.4. The van der Waals surface area contributed by atoms with Gasteiger partial charge in [0.1, 0.15) is 0 Å². The summed E-state index contributed by atoms with van der Waals surface area (Å²) >= 11 is 6.89. The molecule has 0 aromatic carbocycles. The lowest BCUT2D eigenvalue weighted by atomic mass is 9.88. The standard InChI is InChI=1S/C21H26ClN7O/c1-21(22)16-13-23-26-17(16)7-8-18(21)24-20-25-19(27-28(20)2)14-3-5-15(6-4-14)29-9-11-30-12-10-29/h3,5,7-8,13,18H,4,6,9-12H2,1-2H3,(H,23,26)(H,24,25,27). The number of rotatable bonds is 4. The van der Waals surface area contributed by atoms with E-state index in [0.29, 0.717) is 5.95 Å². The number of nitrogens with one attached hydrogen (secondary N) is 2. The van der Waals surface area contributed by atoms with Crippen LogP contribution in [0.3, 0.4) is 0 Å². The van der Waals surface area contributed by atoms with Crippen LogP contribution in [0.15, 0.2) is 30.1 Å². The third-order valence-corrected chi connectivity index (χ3v) is 6.55. The van der Waals surface area contributed by atoms with Crippen molar-refractivity contribution >= 4 is 29.2 Å². The molecule has 2 aromatic rings. The number of alkyl halides is 1. The van der Waals surface area contributed by atoms with Crippen LogP contribution < -0.4 is 5.32 Å². The molecule has 0 saturated carbocycles. The van der Waals surface area contributed by atoms with Gasteiger partial charge in [-0.15, -0.1) is 16.7 Å². The lowest BCUT2D eigenvalue weighted by Gasteiger charge is -2.33. The van der Waals surface area contributed by atoms with Crippen molar-refractivity contribution in [2.45, 2.75) is 30.7 Å². The summed E-state index contributed by atoms with van der Waals surface area (Å²) in [6.07, 6.45) is 12.1. The Kier molecular flexibility index (Phi) is 4.91. The van der Waals surface area contributed by atoms with Crippen LogP contribution in [0.1, 0.15) is 36.8 Å². The SMILES string of the molecule is Cn1nc(C2=CC=C(N3CCOCC3)CC2)nc1NC1C=Cc2[nH]ncc2C1(C)Cl. The van der Waals surface area contributed by atoms with E-state index < -0.39 is 4.87 Å². The van der Waals surface area contributed by atoms with Gasteiger partial charge in [0.15, 0.2) is 5.82 Å². The maximum Gasteiger partial charge on any atom is 0.221 e. The highest BCUT2D eigenvalue weighted by Crippen LogP contribution is 2.39. The molecule has 3 heterocycles. The van der Waals surface area contributed by atoms with Crippen molar-refractivity contribution in [2.75, 3.05) is 31.6 Å². The highest BCUT2D eigenvalue weighted by molar-refractivity contribution is 6.25. The van der Waals surface area contributed by atoms with Crippen LogP contribution in [0, 0.1) is 0 Å². The van der Waals surface area contributed by atoms with Gasteiger partial charge in [0.2, 0.25) is 5.95 Å². The van der Waals surface area contributed by atoms with Gasteiger partial charge in [0.05, 0.1) is 36.0 Å². The summed E-state index contributed by atoms with van der Waals surface area (Å²) in [7, 11) is 1.90. The largest absolute Gasteiger partial charge is 0.378 e. The van der Waals surface area contributed by atoms with E-state index in [9.17, 15) is 0 Å². The maximum absolute atomic E-state index is 6.89. The van der Waals surface area contributed by atoms with Gasteiger partial charge in [-0.1, -0.05) is 12.2 Å². The first-order valence-corrected chi connectivity index (χ1v) is 10.7. The molecular formula is C21H26ClN7O. The number of aromatic nitrogens is 5. The highest BCUT2D eigenvalue weighted by atomic mass is 35.5. The number of nitrogens with zero attached hydrogens (tertiary/aromatic N) is 5. The maximum atomic E-state index is 6.89. The van der Waals surface area contributed by atoms with Crippen molar-refractivity contribution < 1.29 is 4.74 Å². The topological polar surface area (TPSA) is 83.9 Å². The second kappa shape index (κ2) is 7.59. The van der Waals surface area contributed by atoms with Crippen molar-refractivity contribution in [1.29, 1.82) is 0 Å². The number of H-pyrrole nitrogens is 1. The zero-order chi connectivity index (χ0) is 20.7. The van der Waals surface area contributed by atoms with Crippen LogP contribution in [-0.2, 0) is 16.7 Å². The fraction of sp³-hybridized carbons (Fsp3) is 0.476. The lowest BCUT2D eigenvalue weighted by molar-refractivity contribution is 0.0521. The molecule has 2 aliphatic carbocycles. The number of fused-ring (bicyclic) bond motifs is 1. The zero-order valence-electron chi connectivity index (χ0n) is 17.2. The summed E-state index contributed by atoms with van der Waals surface area (Å²) in [5, 5.41) is 15.2.